The summed E-state index contributed by atoms with van der Waals surface area (Å²) in [5.74, 6) is -3.58. The number of imide groups is 1. The lowest BCUT2D eigenvalue weighted by atomic mass is 10.1. The van der Waals surface area contributed by atoms with Crippen LogP contribution in [0.4, 0.5) is 0 Å². The van der Waals surface area contributed by atoms with Gasteiger partial charge in [0.05, 0.1) is 6.54 Å². The minimum atomic E-state index is -1.44. The van der Waals surface area contributed by atoms with E-state index >= 15 is 0 Å². The molecule has 1 aliphatic rings. The Balaban J connectivity index is 1.74. The number of carbonyl (C=O) groups excluding carboxylic acids is 3. The molecule has 3 amide bonds. The number of oxime groups is 1. The molecule has 1 fully saturated rings. The first-order valence-corrected chi connectivity index (χ1v) is 8.05. The van der Waals surface area contributed by atoms with Crippen molar-refractivity contribution in [3.63, 3.8) is 0 Å². The van der Waals surface area contributed by atoms with Crippen LogP contribution in [0.3, 0.4) is 0 Å². The molecule has 26 heavy (non-hydrogen) atoms. The first-order valence-electron chi connectivity index (χ1n) is 8.05. The van der Waals surface area contributed by atoms with Crippen LogP contribution in [-0.4, -0.2) is 33.5 Å². The van der Waals surface area contributed by atoms with E-state index in [2.05, 4.69) is 10.5 Å². The first kappa shape index (κ1) is 17.3. The van der Waals surface area contributed by atoms with Crippen molar-refractivity contribution < 1.29 is 19.6 Å². The summed E-state index contributed by atoms with van der Waals surface area (Å²) in [5.41, 5.74) is 1.12. The Morgan fingerprint density at radius 2 is 1.58 bits per heavy atom. The lowest BCUT2D eigenvalue weighted by molar-refractivity contribution is -0.141. The second-order valence-electron chi connectivity index (χ2n) is 5.84. The third-order valence-electron chi connectivity index (χ3n) is 4.11. The molecule has 2 aromatic rings. The maximum atomic E-state index is 12.6. The van der Waals surface area contributed by atoms with Gasteiger partial charge in [0, 0.05) is 6.54 Å². The lowest BCUT2D eigenvalue weighted by Gasteiger charge is -2.14. The van der Waals surface area contributed by atoms with Crippen molar-refractivity contribution in [2.24, 2.45) is 11.1 Å². The van der Waals surface area contributed by atoms with Crippen molar-refractivity contribution in [2.75, 3.05) is 0 Å². The summed E-state index contributed by atoms with van der Waals surface area (Å²) in [4.78, 5) is 38.3. The van der Waals surface area contributed by atoms with E-state index in [1.54, 1.807) is 24.3 Å². The fraction of sp³-hybridized carbons (Fsp3) is 0.158. The van der Waals surface area contributed by atoms with E-state index in [0.717, 1.165) is 16.0 Å². The van der Waals surface area contributed by atoms with Crippen LogP contribution in [0, 0.1) is 5.92 Å². The SMILES string of the molecule is O=C(NCc1ccccc1)C1C(=O)N(Cc2ccccc2)C(=O)/C1=N/O. The zero-order chi connectivity index (χ0) is 18.5. The van der Waals surface area contributed by atoms with Gasteiger partial charge in [-0.25, -0.2) is 0 Å². The van der Waals surface area contributed by atoms with Crippen LogP contribution in [0.25, 0.3) is 0 Å². The van der Waals surface area contributed by atoms with Gasteiger partial charge in [0.2, 0.25) is 11.8 Å². The predicted molar refractivity (Wildman–Crippen MR) is 93.0 cm³/mol. The van der Waals surface area contributed by atoms with Crippen molar-refractivity contribution in [2.45, 2.75) is 13.1 Å². The zero-order valence-electron chi connectivity index (χ0n) is 13.8. The van der Waals surface area contributed by atoms with Crippen molar-refractivity contribution >= 4 is 23.4 Å². The Kier molecular flexibility index (Phi) is 5.07. The van der Waals surface area contributed by atoms with Gasteiger partial charge in [-0.15, -0.1) is 0 Å². The van der Waals surface area contributed by atoms with Crippen LogP contribution >= 0.6 is 0 Å². The second-order valence-corrected chi connectivity index (χ2v) is 5.84. The van der Waals surface area contributed by atoms with E-state index in [9.17, 15) is 14.4 Å². The molecule has 1 heterocycles. The first-order chi connectivity index (χ1) is 12.6. The number of hydrogen-bond acceptors (Lipinski definition) is 5. The smallest absolute Gasteiger partial charge is 0.279 e. The highest BCUT2D eigenvalue weighted by Gasteiger charge is 2.49. The van der Waals surface area contributed by atoms with Gasteiger partial charge in [0.15, 0.2) is 11.6 Å². The summed E-state index contributed by atoms with van der Waals surface area (Å²) in [5, 5.41) is 14.7. The standard InChI is InChI=1S/C19H17N3O4/c23-17(20-11-13-7-3-1-4-8-13)15-16(21-26)19(25)22(18(15)24)12-14-9-5-2-6-10-14/h1-10,15,26H,11-12H2,(H,20,23)/b21-16+. The molecule has 1 unspecified atom stereocenters. The van der Waals surface area contributed by atoms with E-state index < -0.39 is 29.4 Å². The highest BCUT2D eigenvalue weighted by Crippen LogP contribution is 2.20. The summed E-state index contributed by atoms with van der Waals surface area (Å²) < 4.78 is 0. The minimum absolute atomic E-state index is 0.0139. The predicted octanol–water partition coefficient (Wildman–Crippen LogP) is 1.32. The van der Waals surface area contributed by atoms with Gasteiger partial charge in [-0.3, -0.25) is 19.3 Å². The van der Waals surface area contributed by atoms with Gasteiger partial charge in [-0.2, -0.15) is 0 Å². The number of rotatable bonds is 5. The molecule has 132 valence electrons. The Labute approximate surface area is 149 Å². The molecule has 7 nitrogen and oxygen atoms in total. The van der Waals surface area contributed by atoms with Crippen molar-refractivity contribution in [3.05, 3.63) is 71.8 Å². The quantitative estimate of drug-likeness (QED) is 0.367. The molecule has 0 aromatic heterocycles. The molecule has 0 saturated carbocycles. The van der Waals surface area contributed by atoms with Crippen LogP contribution < -0.4 is 5.32 Å². The van der Waals surface area contributed by atoms with E-state index in [0.29, 0.717) is 0 Å². The molecule has 1 atom stereocenters. The summed E-state index contributed by atoms with van der Waals surface area (Å²) in [6, 6.07) is 18.1. The molecule has 1 saturated heterocycles. The molecule has 1 aliphatic heterocycles. The second kappa shape index (κ2) is 7.60. The number of amides is 3. The zero-order valence-corrected chi connectivity index (χ0v) is 13.8. The van der Waals surface area contributed by atoms with Gasteiger partial charge in [0.25, 0.3) is 5.91 Å². The van der Waals surface area contributed by atoms with Crippen LogP contribution in [-0.2, 0) is 27.5 Å². The van der Waals surface area contributed by atoms with Crippen LogP contribution in [0.15, 0.2) is 65.8 Å². The monoisotopic (exact) mass is 351 g/mol. The van der Waals surface area contributed by atoms with Crippen molar-refractivity contribution in [1.82, 2.24) is 10.2 Å². The molecule has 0 radical (unpaired) electrons. The van der Waals surface area contributed by atoms with E-state index in [1.165, 1.54) is 0 Å². The van der Waals surface area contributed by atoms with E-state index in [-0.39, 0.29) is 13.1 Å². The Bertz CT molecular complexity index is 850. The molecule has 2 N–H and O–H groups in total. The molecule has 3 rings (SSSR count). The molecule has 0 bridgehead atoms. The fourth-order valence-corrected chi connectivity index (χ4v) is 2.77. The average molecular weight is 351 g/mol. The van der Waals surface area contributed by atoms with Crippen LogP contribution in [0.1, 0.15) is 11.1 Å². The van der Waals surface area contributed by atoms with Crippen LogP contribution in [0.2, 0.25) is 0 Å². The Morgan fingerprint density at radius 3 is 2.15 bits per heavy atom. The number of hydrogen-bond donors (Lipinski definition) is 2. The largest absolute Gasteiger partial charge is 0.410 e. The molecule has 7 heteroatoms. The molecular formula is C19H17N3O4. The van der Waals surface area contributed by atoms with Gasteiger partial charge < -0.3 is 10.5 Å². The van der Waals surface area contributed by atoms with Gasteiger partial charge in [0.1, 0.15) is 0 Å². The Hall–Kier alpha value is -3.48. The van der Waals surface area contributed by atoms with Gasteiger partial charge >= 0.3 is 0 Å². The topological polar surface area (TPSA) is 99.1 Å². The molecular weight excluding hydrogens is 334 g/mol. The van der Waals surface area contributed by atoms with Crippen molar-refractivity contribution in [3.8, 4) is 0 Å². The highest BCUT2D eigenvalue weighted by atomic mass is 16.4. The minimum Gasteiger partial charge on any atom is -0.410 e. The normalized spacial score (nSPS) is 18.4. The highest BCUT2D eigenvalue weighted by molar-refractivity contribution is 6.54. The number of carbonyl (C=O) groups is 3. The van der Waals surface area contributed by atoms with Crippen LogP contribution in [0.5, 0.6) is 0 Å². The van der Waals surface area contributed by atoms with Gasteiger partial charge in [-0.1, -0.05) is 65.8 Å². The lowest BCUT2D eigenvalue weighted by Crippen LogP contribution is -2.38. The maximum Gasteiger partial charge on any atom is 0.279 e. The number of benzene rings is 2. The summed E-state index contributed by atoms with van der Waals surface area (Å²) in [6.45, 7) is 0.217. The summed E-state index contributed by atoms with van der Waals surface area (Å²) in [7, 11) is 0. The van der Waals surface area contributed by atoms with Crippen molar-refractivity contribution in [1.29, 1.82) is 0 Å². The van der Waals surface area contributed by atoms with E-state index in [4.69, 9.17) is 5.21 Å². The third kappa shape index (κ3) is 3.46. The molecule has 0 spiro atoms. The number of nitrogens with zero attached hydrogens (tertiary/aromatic N) is 2. The summed E-state index contributed by atoms with van der Waals surface area (Å²) >= 11 is 0. The number of nitrogens with one attached hydrogen (secondary N) is 1. The summed E-state index contributed by atoms with van der Waals surface area (Å²) in [6.07, 6.45) is 0. The Morgan fingerprint density at radius 1 is 1.00 bits per heavy atom. The third-order valence-corrected chi connectivity index (χ3v) is 4.11. The maximum absolute atomic E-state index is 12.6. The van der Waals surface area contributed by atoms with Gasteiger partial charge in [-0.05, 0) is 11.1 Å². The number of likely N-dealkylation sites (tertiary alicyclic amines) is 1. The molecule has 0 aliphatic carbocycles. The molecule has 2 aromatic carbocycles. The fourth-order valence-electron chi connectivity index (χ4n) is 2.77. The average Bonchev–Trinajstić information content (AvgIpc) is 2.92. The van der Waals surface area contributed by atoms with E-state index in [1.807, 2.05) is 36.4 Å².